The van der Waals surface area contributed by atoms with Gasteiger partial charge >= 0.3 is 0 Å². The summed E-state index contributed by atoms with van der Waals surface area (Å²) in [5, 5.41) is 6.85. The number of aliphatic imine (C=N–C) groups is 1. The Morgan fingerprint density at radius 1 is 1.17 bits per heavy atom. The van der Waals surface area contributed by atoms with Crippen molar-refractivity contribution in [2.24, 2.45) is 4.99 Å². The van der Waals surface area contributed by atoms with Gasteiger partial charge in [0.2, 0.25) is 0 Å². The van der Waals surface area contributed by atoms with E-state index >= 15 is 0 Å². The number of guanidine groups is 1. The van der Waals surface area contributed by atoms with Crippen molar-refractivity contribution < 1.29 is 4.74 Å². The van der Waals surface area contributed by atoms with E-state index in [-0.39, 0.29) is 29.5 Å². The number of rotatable bonds is 10. The zero-order valence-corrected chi connectivity index (χ0v) is 20.9. The molecule has 1 aliphatic rings. The SMILES string of the molecule is CCNC(=NCC(C)(C)N1CCOCC1)NCCCN(C)Cc1ccccc1.I. The van der Waals surface area contributed by atoms with E-state index in [9.17, 15) is 0 Å². The molecule has 166 valence electrons. The van der Waals surface area contributed by atoms with Crippen LogP contribution in [0.1, 0.15) is 32.8 Å². The quantitative estimate of drug-likeness (QED) is 0.217. The highest BCUT2D eigenvalue weighted by atomic mass is 127. The molecule has 7 heteroatoms. The van der Waals surface area contributed by atoms with Crippen molar-refractivity contribution in [2.45, 2.75) is 39.3 Å². The Morgan fingerprint density at radius 3 is 2.52 bits per heavy atom. The van der Waals surface area contributed by atoms with Crippen LogP contribution in [0.15, 0.2) is 35.3 Å². The molecule has 1 saturated heterocycles. The maximum atomic E-state index is 5.48. The first-order valence-corrected chi connectivity index (χ1v) is 10.6. The molecule has 1 heterocycles. The number of nitrogens with zero attached hydrogens (tertiary/aromatic N) is 3. The molecule has 0 aromatic heterocycles. The van der Waals surface area contributed by atoms with Crippen molar-refractivity contribution in [1.29, 1.82) is 0 Å². The highest BCUT2D eigenvalue weighted by Crippen LogP contribution is 2.16. The van der Waals surface area contributed by atoms with Crippen LogP contribution >= 0.6 is 24.0 Å². The number of nitrogens with one attached hydrogen (secondary N) is 2. The van der Waals surface area contributed by atoms with Crippen LogP contribution in [-0.2, 0) is 11.3 Å². The number of halogens is 1. The Hall–Kier alpha value is -0.900. The minimum Gasteiger partial charge on any atom is -0.379 e. The van der Waals surface area contributed by atoms with E-state index in [1.165, 1.54) is 5.56 Å². The predicted molar refractivity (Wildman–Crippen MR) is 133 cm³/mol. The van der Waals surface area contributed by atoms with Crippen LogP contribution in [0.2, 0.25) is 0 Å². The Labute approximate surface area is 194 Å². The molecule has 0 aliphatic carbocycles. The lowest BCUT2D eigenvalue weighted by Crippen LogP contribution is -2.52. The predicted octanol–water partition coefficient (Wildman–Crippen LogP) is 2.79. The second-order valence-corrected chi connectivity index (χ2v) is 8.11. The number of benzene rings is 1. The third kappa shape index (κ3) is 10.1. The Balaban J connectivity index is 0.00000420. The van der Waals surface area contributed by atoms with E-state index in [1.807, 2.05) is 0 Å². The highest BCUT2D eigenvalue weighted by Gasteiger charge is 2.28. The van der Waals surface area contributed by atoms with Gasteiger partial charge in [-0.3, -0.25) is 9.89 Å². The van der Waals surface area contributed by atoms with Crippen LogP contribution < -0.4 is 10.6 Å². The highest BCUT2D eigenvalue weighted by molar-refractivity contribution is 14.0. The van der Waals surface area contributed by atoms with Crippen molar-refractivity contribution in [3.8, 4) is 0 Å². The summed E-state index contributed by atoms with van der Waals surface area (Å²) in [6.45, 7) is 14.9. The minimum atomic E-state index is 0. The molecule has 1 aromatic carbocycles. The van der Waals surface area contributed by atoms with Gasteiger partial charge in [0.05, 0.1) is 19.8 Å². The Bertz CT molecular complexity index is 576. The van der Waals surface area contributed by atoms with Gasteiger partial charge in [0.25, 0.3) is 0 Å². The second-order valence-electron chi connectivity index (χ2n) is 8.11. The Morgan fingerprint density at radius 2 is 1.86 bits per heavy atom. The molecule has 2 rings (SSSR count). The zero-order chi connectivity index (χ0) is 20.2. The molecule has 0 bridgehead atoms. The molecule has 6 nitrogen and oxygen atoms in total. The fraction of sp³-hybridized carbons (Fsp3) is 0.682. The van der Waals surface area contributed by atoms with Crippen LogP contribution in [0.5, 0.6) is 0 Å². The summed E-state index contributed by atoms with van der Waals surface area (Å²) in [7, 11) is 2.18. The van der Waals surface area contributed by atoms with E-state index in [1.54, 1.807) is 0 Å². The first-order valence-electron chi connectivity index (χ1n) is 10.6. The van der Waals surface area contributed by atoms with Crippen molar-refractivity contribution >= 4 is 29.9 Å². The smallest absolute Gasteiger partial charge is 0.191 e. The average molecular weight is 518 g/mol. The minimum absolute atomic E-state index is 0. The van der Waals surface area contributed by atoms with Gasteiger partial charge in [-0.2, -0.15) is 0 Å². The van der Waals surface area contributed by atoms with Crippen LogP contribution in [-0.4, -0.2) is 80.8 Å². The van der Waals surface area contributed by atoms with Crippen molar-refractivity contribution in [3.05, 3.63) is 35.9 Å². The molecule has 29 heavy (non-hydrogen) atoms. The lowest BCUT2D eigenvalue weighted by Gasteiger charge is -2.39. The summed E-state index contributed by atoms with van der Waals surface area (Å²) < 4.78 is 5.48. The topological polar surface area (TPSA) is 52.1 Å². The zero-order valence-electron chi connectivity index (χ0n) is 18.6. The molecule has 2 N–H and O–H groups in total. The fourth-order valence-electron chi connectivity index (χ4n) is 3.41. The summed E-state index contributed by atoms with van der Waals surface area (Å²) >= 11 is 0. The van der Waals surface area contributed by atoms with Crippen LogP contribution in [0.25, 0.3) is 0 Å². The molecular formula is C22H40IN5O. The molecule has 0 atom stereocenters. The molecule has 0 saturated carbocycles. The van der Waals surface area contributed by atoms with Gasteiger partial charge in [-0.15, -0.1) is 24.0 Å². The maximum absolute atomic E-state index is 5.48. The van der Waals surface area contributed by atoms with Gasteiger partial charge in [-0.1, -0.05) is 30.3 Å². The van der Waals surface area contributed by atoms with Gasteiger partial charge in [0.15, 0.2) is 5.96 Å². The van der Waals surface area contributed by atoms with E-state index in [0.717, 1.165) is 71.4 Å². The first kappa shape index (κ1) is 26.1. The van der Waals surface area contributed by atoms with E-state index in [2.05, 4.69) is 78.6 Å². The third-order valence-electron chi connectivity index (χ3n) is 5.14. The Kier molecular flexibility index (Phi) is 12.8. The largest absolute Gasteiger partial charge is 0.379 e. The van der Waals surface area contributed by atoms with Crippen molar-refractivity contribution in [2.75, 3.05) is 59.5 Å². The number of hydrogen-bond donors (Lipinski definition) is 2. The molecule has 0 radical (unpaired) electrons. The van der Waals surface area contributed by atoms with E-state index in [4.69, 9.17) is 9.73 Å². The van der Waals surface area contributed by atoms with E-state index in [0.29, 0.717) is 0 Å². The standard InChI is InChI=1S/C22H39N5O.HI/c1-5-23-21(25-19-22(2,3)27-14-16-28-17-15-27)24-12-9-13-26(4)18-20-10-7-6-8-11-20;/h6-8,10-11H,5,9,12-19H2,1-4H3,(H2,23,24,25);1H. The molecule has 1 aliphatic heterocycles. The summed E-state index contributed by atoms with van der Waals surface area (Å²) in [4.78, 5) is 9.68. The second kappa shape index (κ2) is 14.2. The molecule has 0 unspecified atom stereocenters. The lowest BCUT2D eigenvalue weighted by atomic mass is 10.0. The lowest BCUT2D eigenvalue weighted by molar-refractivity contribution is -0.00683. The molecule has 0 spiro atoms. The average Bonchev–Trinajstić information content (AvgIpc) is 2.71. The van der Waals surface area contributed by atoms with Gasteiger partial charge in [0.1, 0.15) is 0 Å². The molecule has 1 aromatic rings. The number of ether oxygens (including phenoxy) is 1. The van der Waals surface area contributed by atoms with Gasteiger partial charge in [-0.25, -0.2) is 0 Å². The van der Waals surface area contributed by atoms with Crippen LogP contribution in [0.3, 0.4) is 0 Å². The molecule has 1 fully saturated rings. The number of hydrogen-bond acceptors (Lipinski definition) is 4. The van der Waals surface area contributed by atoms with Crippen molar-refractivity contribution in [1.82, 2.24) is 20.4 Å². The van der Waals surface area contributed by atoms with Gasteiger partial charge < -0.3 is 20.3 Å². The normalized spacial score (nSPS) is 15.8. The summed E-state index contributed by atoms with van der Waals surface area (Å²) in [5.74, 6) is 0.912. The van der Waals surface area contributed by atoms with Gasteiger partial charge in [0, 0.05) is 38.3 Å². The molecular weight excluding hydrogens is 477 g/mol. The fourth-order valence-corrected chi connectivity index (χ4v) is 3.41. The van der Waals surface area contributed by atoms with E-state index < -0.39 is 0 Å². The van der Waals surface area contributed by atoms with Gasteiger partial charge in [-0.05, 0) is 46.3 Å². The maximum Gasteiger partial charge on any atom is 0.191 e. The van der Waals surface area contributed by atoms with Crippen LogP contribution in [0.4, 0.5) is 0 Å². The summed E-state index contributed by atoms with van der Waals surface area (Å²) in [5.41, 5.74) is 1.40. The molecule has 0 amide bonds. The summed E-state index contributed by atoms with van der Waals surface area (Å²) in [6, 6.07) is 10.6. The monoisotopic (exact) mass is 517 g/mol. The van der Waals surface area contributed by atoms with Crippen molar-refractivity contribution in [3.63, 3.8) is 0 Å². The number of morpholine rings is 1. The van der Waals surface area contributed by atoms with Crippen LogP contribution in [0, 0.1) is 0 Å². The third-order valence-corrected chi connectivity index (χ3v) is 5.14. The first-order chi connectivity index (χ1) is 13.5. The summed E-state index contributed by atoms with van der Waals surface area (Å²) in [6.07, 6.45) is 1.08.